The van der Waals surface area contributed by atoms with Crippen molar-refractivity contribution in [3.63, 3.8) is 0 Å². The number of thioether (sulfide) groups is 1. The van der Waals surface area contributed by atoms with Crippen LogP contribution in [0.4, 0.5) is 10.5 Å². The minimum atomic E-state index is -0.693. The predicted molar refractivity (Wildman–Crippen MR) is 157 cm³/mol. The van der Waals surface area contributed by atoms with Gasteiger partial charge in [0, 0.05) is 29.3 Å². The lowest BCUT2D eigenvalue weighted by molar-refractivity contribution is -0.126. The van der Waals surface area contributed by atoms with Gasteiger partial charge in [0.05, 0.1) is 12.4 Å². The van der Waals surface area contributed by atoms with Crippen molar-refractivity contribution in [3.05, 3.63) is 60.2 Å². The molecule has 0 spiro atoms. The number of nitrogens with two attached hydrogens (primary N) is 1. The van der Waals surface area contributed by atoms with Crippen LogP contribution in [-0.2, 0) is 16.0 Å². The number of hydrogen-bond donors (Lipinski definition) is 4. The first-order valence-corrected chi connectivity index (χ1v) is 14.3. The number of carbonyl (C=O) groups excluding carboxylic acids is 3. The fourth-order valence-electron chi connectivity index (χ4n) is 4.36. The second-order valence-corrected chi connectivity index (χ2v) is 12.0. The first-order chi connectivity index (χ1) is 18.2. The monoisotopic (exact) mass is 558 g/mol. The van der Waals surface area contributed by atoms with Crippen LogP contribution in [0.15, 0.2) is 54.6 Å². The lowest BCUT2D eigenvalue weighted by Crippen LogP contribution is -2.48. The second kappa shape index (κ2) is 14.3. The van der Waals surface area contributed by atoms with E-state index in [4.69, 9.17) is 10.5 Å². The molecule has 3 rings (SSSR count). The first-order valence-electron chi connectivity index (χ1n) is 12.8. The van der Waals surface area contributed by atoms with E-state index in [1.54, 1.807) is 36.3 Å². The molecule has 0 aliphatic carbocycles. The van der Waals surface area contributed by atoms with E-state index in [0.717, 1.165) is 5.56 Å². The van der Waals surface area contributed by atoms with Gasteiger partial charge in [0.15, 0.2) is 0 Å². The van der Waals surface area contributed by atoms with Gasteiger partial charge in [-0.1, -0.05) is 44.2 Å². The summed E-state index contributed by atoms with van der Waals surface area (Å²) in [6.45, 7) is 4.92. The molecule has 8 nitrogen and oxygen atoms in total. The van der Waals surface area contributed by atoms with Gasteiger partial charge < -0.3 is 26.0 Å². The van der Waals surface area contributed by atoms with E-state index in [1.807, 2.05) is 44.2 Å². The number of carbonyl (C=O) groups is 3. The lowest BCUT2D eigenvalue weighted by atomic mass is 10.0. The van der Waals surface area contributed by atoms with Gasteiger partial charge in [0.2, 0.25) is 11.8 Å². The van der Waals surface area contributed by atoms with Gasteiger partial charge >= 0.3 is 6.03 Å². The molecule has 1 aliphatic rings. The Hall–Kier alpha value is -2.85. The van der Waals surface area contributed by atoms with Crippen LogP contribution in [-0.4, -0.2) is 64.7 Å². The largest absolute Gasteiger partial charge is 0.497 e. The first kappa shape index (κ1) is 29.7. The molecule has 1 aliphatic heterocycles. The molecule has 0 aromatic heterocycles. The minimum Gasteiger partial charge on any atom is -0.497 e. The number of rotatable bonds is 12. The van der Waals surface area contributed by atoms with Crippen LogP contribution in [0, 0.1) is 5.92 Å². The van der Waals surface area contributed by atoms with Crippen LogP contribution in [0.2, 0.25) is 0 Å². The molecule has 4 atom stereocenters. The standard InChI is InChI=1S/C28H38N4O4S2/c1-18(2)15-22(26(33)30-20-10-12-21(36-3)13-11-20)31-27(34)24(14-9-19-7-5-4-6-8-19)38-25-17-32(28(29)35)16-23(25)37/h4-8,10-13,18,22-25,37H,9,14-17H2,1-3H3,(H2,29,35)(H,30,33)(H,31,34)/t22-,23-,24+,25+/m0/s1. The molecule has 1 fully saturated rings. The molecule has 0 bridgehead atoms. The Balaban J connectivity index is 1.73. The van der Waals surface area contributed by atoms with Crippen molar-refractivity contribution >= 4 is 47.9 Å². The number of urea groups is 1. The summed E-state index contributed by atoms with van der Waals surface area (Å²) >= 11 is 6.17. The molecule has 4 amide bonds. The highest BCUT2D eigenvalue weighted by molar-refractivity contribution is 8.02. The van der Waals surface area contributed by atoms with Crippen molar-refractivity contribution < 1.29 is 19.1 Å². The minimum absolute atomic E-state index is 0.0472. The van der Waals surface area contributed by atoms with Gasteiger partial charge in [-0.3, -0.25) is 9.59 Å². The average molecular weight is 559 g/mol. The van der Waals surface area contributed by atoms with Crippen LogP contribution in [0.5, 0.6) is 5.75 Å². The number of anilines is 1. The van der Waals surface area contributed by atoms with E-state index >= 15 is 0 Å². The van der Waals surface area contributed by atoms with Gasteiger partial charge in [0.25, 0.3) is 0 Å². The van der Waals surface area contributed by atoms with E-state index < -0.39 is 17.3 Å². The zero-order valence-electron chi connectivity index (χ0n) is 22.1. The summed E-state index contributed by atoms with van der Waals surface area (Å²) in [5.74, 6) is 0.423. The van der Waals surface area contributed by atoms with E-state index in [9.17, 15) is 14.4 Å². The lowest BCUT2D eigenvalue weighted by Gasteiger charge is -2.26. The molecule has 1 saturated heterocycles. The third-order valence-corrected chi connectivity index (χ3v) is 8.75. The molecular weight excluding hydrogens is 520 g/mol. The molecule has 0 radical (unpaired) electrons. The van der Waals surface area contributed by atoms with Gasteiger partial charge in [-0.05, 0) is 55.0 Å². The molecule has 0 unspecified atom stereocenters. The maximum Gasteiger partial charge on any atom is 0.314 e. The van der Waals surface area contributed by atoms with Crippen molar-refractivity contribution in [2.75, 3.05) is 25.5 Å². The third-order valence-electron chi connectivity index (χ3n) is 6.42. The van der Waals surface area contributed by atoms with E-state index in [-0.39, 0.29) is 28.2 Å². The van der Waals surface area contributed by atoms with Crippen LogP contribution in [0.1, 0.15) is 32.3 Å². The van der Waals surface area contributed by atoms with Crippen LogP contribution >= 0.6 is 24.4 Å². The highest BCUT2D eigenvalue weighted by Crippen LogP contribution is 2.32. The zero-order valence-corrected chi connectivity index (χ0v) is 23.8. The maximum atomic E-state index is 13.6. The number of primary amides is 1. The average Bonchev–Trinajstić information content (AvgIpc) is 3.27. The summed E-state index contributed by atoms with van der Waals surface area (Å²) in [5, 5.41) is 5.37. The number of benzene rings is 2. The van der Waals surface area contributed by atoms with E-state index in [2.05, 4.69) is 23.3 Å². The number of likely N-dealkylation sites (tertiary alicyclic amines) is 1. The summed E-state index contributed by atoms with van der Waals surface area (Å²) in [6, 6.07) is 15.9. The number of hydrogen-bond acceptors (Lipinski definition) is 6. The van der Waals surface area contributed by atoms with Crippen LogP contribution in [0.25, 0.3) is 0 Å². The number of amides is 4. The zero-order chi connectivity index (χ0) is 27.7. The number of ether oxygens (including phenoxy) is 1. The molecule has 2 aromatic rings. The Bertz CT molecular complexity index is 1070. The van der Waals surface area contributed by atoms with E-state index in [1.165, 1.54) is 11.8 Å². The Kier molecular flexibility index (Phi) is 11.2. The van der Waals surface area contributed by atoms with Gasteiger partial charge in [0.1, 0.15) is 11.8 Å². The number of aryl methyl sites for hydroxylation is 1. The van der Waals surface area contributed by atoms with Crippen LogP contribution < -0.4 is 21.1 Å². The quantitative estimate of drug-likeness (QED) is 0.295. The normalized spacial score (nSPS) is 18.6. The number of thiol groups is 1. The van der Waals surface area contributed by atoms with Crippen LogP contribution in [0.3, 0.4) is 0 Å². The summed E-state index contributed by atoms with van der Waals surface area (Å²) in [5.41, 5.74) is 7.25. The predicted octanol–water partition coefficient (Wildman–Crippen LogP) is 3.96. The fraction of sp³-hybridized carbons (Fsp3) is 0.464. The SMILES string of the molecule is COc1ccc(NC(=O)[C@H](CC(C)C)NC(=O)[C@@H](CCc2ccccc2)S[C@@H]2CN(C(N)=O)C[C@@H]2S)cc1. The topological polar surface area (TPSA) is 114 Å². The summed E-state index contributed by atoms with van der Waals surface area (Å²) in [7, 11) is 1.58. The Morgan fingerprint density at radius 2 is 1.76 bits per heavy atom. The van der Waals surface area contributed by atoms with Crippen molar-refractivity contribution in [2.24, 2.45) is 11.7 Å². The summed E-state index contributed by atoms with van der Waals surface area (Å²) in [6.07, 6.45) is 1.79. The highest BCUT2D eigenvalue weighted by atomic mass is 32.2. The number of methoxy groups -OCH3 is 1. The third kappa shape index (κ3) is 8.87. The highest BCUT2D eigenvalue weighted by Gasteiger charge is 2.36. The fourth-order valence-corrected chi connectivity index (χ4v) is 6.26. The van der Waals surface area contributed by atoms with Crippen molar-refractivity contribution in [1.29, 1.82) is 0 Å². The van der Waals surface area contributed by atoms with Gasteiger partial charge in [-0.2, -0.15) is 12.6 Å². The van der Waals surface area contributed by atoms with Crippen molar-refractivity contribution in [3.8, 4) is 5.75 Å². The van der Waals surface area contributed by atoms with Gasteiger partial charge in [-0.15, -0.1) is 11.8 Å². The van der Waals surface area contributed by atoms with Gasteiger partial charge in [-0.25, -0.2) is 4.79 Å². The van der Waals surface area contributed by atoms with Crippen molar-refractivity contribution in [1.82, 2.24) is 10.2 Å². The molecule has 206 valence electrons. The summed E-state index contributed by atoms with van der Waals surface area (Å²) < 4.78 is 5.18. The second-order valence-electron chi connectivity index (χ2n) is 9.91. The molecule has 0 saturated carbocycles. The Morgan fingerprint density at radius 3 is 2.34 bits per heavy atom. The number of nitrogens with one attached hydrogen (secondary N) is 2. The molecular formula is C28H38N4O4S2. The Morgan fingerprint density at radius 1 is 1.08 bits per heavy atom. The molecule has 4 N–H and O–H groups in total. The maximum absolute atomic E-state index is 13.6. The van der Waals surface area contributed by atoms with E-state index in [0.29, 0.717) is 43.8 Å². The molecule has 2 aromatic carbocycles. The number of nitrogens with zero attached hydrogens (tertiary/aromatic N) is 1. The Labute approximate surface area is 234 Å². The summed E-state index contributed by atoms with van der Waals surface area (Å²) in [4.78, 5) is 40.1. The molecule has 38 heavy (non-hydrogen) atoms. The molecule has 1 heterocycles. The van der Waals surface area contributed by atoms with Crippen molar-refractivity contribution in [2.45, 2.75) is 54.9 Å². The molecule has 10 heteroatoms. The smallest absolute Gasteiger partial charge is 0.314 e.